The maximum absolute atomic E-state index is 12.9. The number of carboxylic acid groups (broad SMARTS) is 1. The van der Waals surface area contributed by atoms with E-state index in [0.29, 0.717) is 16.5 Å². The number of halogens is 2. The highest BCUT2D eigenvalue weighted by Gasteiger charge is 2.30. The maximum Gasteiger partial charge on any atom is 0.419 e. The molecular weight excluding hydrogens is 567 g/mol. The summed E-state index contributed by atoms with van der Waals surface area (Å²) in [5.74, 6) is -1.44. The van der Waals surface area contributed by atoms with Crippen molar-refractivity contribution in [2.24, 2.45) is 0 Å². The molecule has 0 fully saturated rings. The van der Waals surface area contributed by atoms with Gasteiger partial charge in [-0.2, -0.15) is 0 Å². The van der Waals surface area contributed by atoms with Gasteiger partial charge in [0.2, 0.25) is 0 Å². The number of alkyl carbamates (subject to hydrolysis) is 1. The van der Waals surface area contributed by atoms with Gasteiger partial charge in [0.1, 0.15) is 18.2 Å². The number of hydrogen-bond acceptors (Lipinski definition) is 5. The van der Waals surface area contributed by atoms with Crippen LogP contribution in [0.25, 0.3) is 22.0 Å². The lowest BCUT2D eigenvalue weighted by Gasteiger charge is -2.19. The second-order valence-corrected chi connectivity index (χ2v) is 11.7. The molecule has 2 N–H and O–H groups in total. The molecule has 0 saturated carbocycles. The molecule has 1 aromatic heterocycles. The van der Waals surface area contributed by atoms with Gasteiger partial charge in [0.15, 0.2) is 0 Å². The lowest BCUT2D eigenvalue weighted by molar-refractivity contribution is -0.139. The number of hydrogen-bond donors (Lipinski definition) is 2. The van der Waals surface area contributed by atoms with Gasteiger partial charge in [0, 0.05) is 23.9 Å². The van der Waals surface area contributed by atoms with E-state index in [1.165, 1.54) is 16.8 Å². The molecule has 1 unspecified atom stereocenters. The second-order valence-electron chi connectivity index (χ2n) is 10.9. The zero-order chi connectivity index (χ0) is 29.5. The van der Waals surface area contributed by atoms with E-state index in [1.54, 1.807) is 26.8 Å². The SMILES string of the molecule is CC(C)(C)OC(=O)n1cc(CC(NC(=O)OCC2c3ccccc3-c3ccccc32)C(=O)O)c2cc(Cl)c(Cl)cc21. The average Bonchev–Trinajstić information content (AvgIpc) is 3.41. The van der Waals surface area contributed by atoms with Gasteiger partial charge in [0.05, 0.1) is 15.6 Å². The first kappa shape index (κ1) is 28.5. The van der Waals surface area contributed by atoms with Crippen molar-refractivity contribution >= 4 is 52.3 Å². The molecule has 1 atom stereocenters. The fourth-order valence-corrected chi connectivity index (χ4v) is 5.44. The van der Waals surface area contributed by atoms with Crippen LogP contribution in [-0.4, -0.2) is 46.1 Å². The van der Waals surface area contributed by atoms with Crippen molar-refractivity contribution in [1.82, 2.24) is 9.88 Å². The van der Waals surface area contributed by atoms with Crippen molar-refractivity contribution in [2.45, 2.75) is 44.8 Å². The van der Waals surface area contributed by atoms with Crippen molar-refractivity contribution in [3.63, 3.8) is 0 Å². The molecule has 0 spiro atoms. The third-order valence-corrected chi connectivity index (χ3v) is 7.60. The van der Waals surface area contributed by atoms with Crippen LogP contribution in [0.3, 0.4) is 0 Å². The summed E-state index contributed by atoms with van der Waals surface area (Å²) in [4.78, 5) is 38.0. The van der Waals surface area contributed by atoms with Crippen LogP contribution < -0.4 is 5.32 Å². The van der Waals surface area contributed by atoms with Crippen molar-refractivity contribution in [3.05, 3.63) is 93.6 Å². The molecule has 10 heteroatoms. The van der Waals surface area contributed by atoms with Gasteiger partial charge in [-0.1, -0.05) is 71.7 Å². The molecule has 0 radical (unpaired) electrons. The van der Waals surface area contributed by atoms with Gasteiger partial charge in [-0.3, -0.25) is 4.57 Å². The lowest BCUT2D eigenvalue weighted by atomic mass is 9.98. The van der Waals surface area contributed by atoms with Crippen LogP contribution in [0.15, 0.2) is 66.9 Å². The Morgan fingerprint density at radius 3 is 2.15 bits per heavy atom. The highest BCUT2D eigenvalue weighted by Crippen LogP contribution is 2.44. The predicted molar refractivity (Wildman–Crippen MR) is 157 cm³/mol. The zero-order valence-electron chi connectivity index (χ0n) is 22.6. The molecule has 1 aliphatic carbocycles. The lowest BCUT2D eigenvalue weighted by Crippen LogP contribution is -2.42. The number of aromatic nitrogens is 1. The highest BCUT2D eigenvalue weighted by atomic mass is 35.5. The van der Waals surface area contributed by atoms with Gasteiger partial charge in [-0.25, -0.2) is 14.4 Å². The van der Waals surface area contributed by atoms with Gasteiger partial charge in [0.25, 0.3) is 0 Å². The number of aliphatic carboxylic acids is 1. The number of nitrogens with zero attached hydrogens (tertiary/aromatic N) is 1. The Bertz CT molecular complexity index is 1630. The number of ether oxygens (including phenoxy) is 2. The second kappa shape index (κ2) is 11.1. The molecule has 5 rings (SSSR count). The molecule has 4 aromatic rings. The zero-order valence-corrected chi connectivity index (χ0v) is 24.1. The number of carboxylic acids is 1. The van der Waals surface area contributed by atoms with Crippen LogP contribution in [0.5, 0.6) is 0 Å². The van der Waals surface area contributed by atoms with E-state index in [0.717, 1.165) is 22.3 Å². The quantitative estimate of drug-likeness (QED) is 0.243. The normalized spacial score (nSPS) is 13.4. The average molecular weight is 595 g/mol. The summed E-state index contributed by atoms with van der Waals surface area (Å²) in [5.41, 5.74) is 4.34. The van der Waals surface area contributed by atoms with E-state index in [2.05, 4.69) is 5.32 Å². The number of carbonyl (C=O) groups excluding carboxylic acids is 2. The molecule has 1 amide bonds. The van der Waals surface area contributed by atoms with Crippen LogP contribution in [0, 0.1) is 0 Å². The number of benzene rings is 3. The maximum atomic E-state index is 12.9. The highest BCUT2D eigenvalue weighted by molar-refractivity contribution is 6.42. The summed E-state index contributed by atoms with van der Waals surface area (Å²) in [6.45, 7) is 5.25. The van der Waals surface area contributed by atoms with Crippen molar-refractivity contribution < 1.29 is 29.0 Å². The van der Waals surface area contributed by atoms with Crippen LogP contribution >= 0.6 is 23.2 Å². The number of fused-ring (bicyclic) bond motifs is 4. The Hall–Kier alpha value is -4.01. The molecule has 0 aliphatic heterocycles. The summed E-state index contributed by atoms with van der Waals surface area (Å²) in [6, 6.07) is 17.6. The first-order valence-corrected chi connectivity index (χ1v) is 13.7. The molecule has 0 saturated heterocycles. The Labute approximate surface area is 246 Å². The Kier molecular flexibility index (Phi) is 7.72. The van der Waals surface area contributed by atoms with Crippen LogP contribution in [0.2, 0.25) is 10.0 Å². The third-order valence-electron chi connectivity index (χ3n) is 6.88. The van der Waals surface area contributed by atoms with Crippen LogP contribution in [0.4, 0.5) is 9.59 Å². The largest absolute Gasteiger partial charge is 0.480 e. The fourth-order valence-electron chi connectivity index (χ4n) is 5.11. The summed E-state index contributed by atoms with van der Waals surface area (Å²) in [7, 11) is 0. The van der Waals surface area contributed by atoms with Gasteiger partial charge in [-0.15, -0.1) is 0 Å². The fraction of sp³-hybridized carbons (Fsp3) is 0.258. The first-order chi connectivity index (χ1) is 19.4. The summed E-state index contributed by atoms with van der Waals surface area (Å²) < 4.78 is 12.3. The van der Waals surface area contributed by atoms with Crippen LogP contribution in [-0.2, 0) is 20.7 Å². The monoisotopic (exact) mass is 594 g/mol. The molecule has 8 nitrogen and oxygen atoms in total. The Morgan fingerprint density at radius 1 is 0.976 bits per heavy atom. The summed E-state index contributed by atoms with van der Waals surface area (Å²) in [5, 5.41) is 13.4. The van der Waals surface area contributed by atoms with Crippen molar-refractivity contribution in [1.29, 1.82) is 0 Å². The minimum atomic E-state index is -1.35. The predicted octanol–water partition coefficient (Wildman–Crippen LogP) is 7.27. The molecule has 1 aliphatic rings. The van der Waals surface area contributed by atoms with Gasteiger partial charge >= 0.3 is 18.2 Å². The van der Waals surface area contributed by atoms with E-state index in [4.69, 9.17) is 32.7 Å². The number of rotatable bonds is 6. The molecule has 41 heavy (non-hydrogen) atoms. The van der Waals surface area contributed by atoms with E-state index in [9.17, 15) is 19.5 Å². The van der Waals surface area contributed by atoms with E-state index in [-0.39, 0.29) is 29.0 Å². The van der Waals surface area contributed by atoms with Gasteiger partial charge < -0.3 is 19.9 Å². The molecular formula is C31H28Cl2N2O6. The van der Waals surface area contributed by atoms with Gasteiger partial charge in [-0.05, 0) is 60.7 Å². The molecule has 0 bridgehead atoms. The van der Waals surface area contributed by atoms with E-state index < -0.39 is 29.8 Å². The molecule has 212 valence electrons. The smallest absolute Gasteiger partial charge is 0.419 e. The van der Waals surface area contributed by atoms with E-state index in [1.807, 2.05) is 48.5 Å². The number of carbonyl (C=O) groups is 3. The van der Waals surface area contributed by atoms with E-state index >= 15 is 0 Å². The standard InChI is InChI=1S/C31H28Cl2N2O6/c1-31(2,3)41-30(39)35-15-17(22-13-24(32)25(33)14-27(22)35)12-26(28(36)37)34-29(38)40-16-23-20-10-6-4-8-18(20)19-9-5-7-11-21(19)23/h4-11,13-15,23,26H,12,16H2,1-3H3,(H,34,38)(H,36,37). The van der Waals surface area contributed by atoms with Crippen molar-refractivity contribution in [2.75, 3.05) is 6.61 Å². The third kappa shape index (κ3) is 5.89. The molecule has 1 heterocycles. The summed E-state index contributed by atoms with van der Waals surface area (Å²) in [6.07, 6.45) is -0.204. The number of nitrogens with one attached hydrogen (secondary N) is 1. The number of amides is 1. The Balaban J connectivity index is 1.35. The van der Waals surface area contributed by atoms with Crippen LogP contribution in [0.1, 0.15) is 43.4 Å². The minimum absolute atomic E-state index is 0.0399. The van der Waals surface area contributed by atoms with Crippen molar-refractivity contribution in [3.8, 4) is 11.1 Å². The first-order valence-electron chi connectivity index (χ1n) is 13.0. The Morgan fingerprint density at radius 2 is 1.56 bits per heavy atom. The minimum Gasteiger partial charge on any atom is -0.480 e. The summed E-state index contributed by atoms with van der Waals surface area (Å²) >= 11 is 12.5. The topological polar surface area (TPSA) is 107 Å². The molecule has 3 aromatic carbocycles.